The number of carboxylic acid groups (broad SMARTS) is 1. The summed E-state index contributed by atoms with van der Waals surface area (Å²) in [5.74, 6) is -0.812. The number of methoxy groups -OCH3 is 3. The topological polar surface area (TPSA) is 322 Å². The molecule has 2 amide bonds. The molecule has 4 aromatic heterocycles. The average Bonchev–Trinajstić information content (AvgIpc) is 1.63. The zero-order chi connectivity index (χ0) is 85.5. The van der Waals surface area contributed by atoms with Crippen LogP contribution in [0.5, 0.6) is 23.0 Å². The van der Waals surface area contributed by atoms with Crippen LogP contribution in [0.25, 0.3) is 44.6 Å². The lowest BCUT2D eigenvalue weighted by molar-refractivity contribution is -0.157. The molecule has 26 nitrogen and oxygen atoms in total. The number of anilines is 2. The minimum atomic E-state index is -1.15. The number of aromatic nitrogens is 4. The van der Waals surface area contributed by atoms with Gasteiger partial charge in [0.25, 0.3) is 0 Å². The van der Waals surface area contributed by atoms with Gasteiger partial charge in [-0.3, -0.25) is 38.4 Å². The van der Waals surface area contributed by atoms with Crippen LogP contribution in [-0.2, 0) is 62.0 Å². The SMILES string of the molecule is CC[C@@H]1CC1(CC(=O)[C@@H]1C[C@@H](Oc2cc(-c3csc(NC(C)C)n3)nc3c(Cl)c(OCCOC)ccc23)CN1C(=O)[C@@H](CC(=O)OC1C[C@@H]2C[C@@H]2C1)C(C)(C)C)C(=O)O.CC[C@@H]1CC1(CC(=O)[C@@H]1C[C@@H](Oc2cc(-c3csc(NC(C)C)n3)nc3c(Cl)c(OCCOC)ccc23)CN1C(=O)[C@@H](CC(=O)OC1C[C@@H]2C[C@@H]2C1)C(C)(C)C)C(=O)OC. The Hall–Kier alpha value is -8.02. The second kappa shape index (κ2) is 36.6. The van der Waals surface area contributed by atoms with E-state index in [1.54, 1.807) is 37.3 Å². The number of rotatable bonds is 36. The summed E-state index contributed by atoms with van der Waals surface area (Å²) in [6.45, 7) is 25.0. The predicted octanol–water partition coefficient (Wildman–Crippen LogP) is 16.2. The summed E-state index contributed by atoms with van der Waals surface area (Å²) in [7, 11) is 4.52. The van der Waals surface area contributed by atoms with Crippen LogP contribution >= 0.6 is 45.9 Å². The third kappa shape index (κ3) is 20.2. The zero-order valence-corrected chi connectivity index (χ0v) is 74.2. The maximum atomic E-state index is 14.9. The van der Waals surface area contributed by atoms with Crippen molar-refractivity contribution in [3.8, 4) is 45.8 Å². The maximum absolute atomic E-state index is 14.9. The highest BCUT2D eigenvalue weighted by atomic mass is 35.5. The second-order valence-electron chi connectivity index (χ2n) is 36.8. The molecule has 2 saturated heterocycles. The van der Waals surface area contributed by atoms with Crippen LogP contribution in [0.2, 0.25) is 10.0 Å². The molecule has 8 fully saturated rings. The molecule has 3 N–H and O–H groups in total. The third-order valence-corrected chi connectivity index (χ3v) is 27.7. The molecule has 30 heteroatoms. The smallest absolute Gasteiger partial charge is 0.312 e. The van der Waals surface area contributed by atoms with Gasteiger partial charge in [0.15, 0.2) is 21.8 Å². The molecule has 6 aromatic rings. The molecule has 4 unspecified atom stereocenters. The van der Waals surface area contributed by atoms with E-state index in [1.807, 2.05) is 112 Å². The van der Waals surface area contributed by atoms with Crippen molar-refractivity contribution >= 4 is 125 Å². The highest BCUT2D eigenvalue weighted by Crippen LogP contribution is 2.60. The van der Waals surface area contributed by atoms with Crippen molar-refractivity contribution in [3.05, 3.63) is 57.2 Å². The van der Waals surface area contributed by atoms with E-state index in [4.69, 9.17) is 85.8 Å². The number of nitrogens with one attached hydrogen (secondary N) is 2. The number of amides is 2. The minimum absolute atomic E-state index is 0.0157. The number of fused-ring (bicyclic) bond motifs is 4. The Balaban J connectivity index is 0.000000206. The molecule has 16 atom stereocenters. The van der Waals surface area contributed by atoms with Gasteiger partial charge in [0.05, 0.1) is 103 Å². The molecule has 2 aromatic carbocycles. The van der Waals surface area contributed by atoms with E-state index in [1.165, 1.54) is 47.5 Å². The molecule has 6 heterocycles. The minimum Gasteiger partial charge on any atom is -0.490 e. The number of hydrogen-bond acceptors (Lipinski definition) is 25. The Morgan fingerprint density at radius 3 is 1.28 bits per heavy atom. The van der Waals surface area contributed by atoms with Gasteiger partial charge in [-0.05, 0) is 150 Å². The van der Waals surface area contributed by atoms with Crippen LogP contribution < -0.4 is 29.6 Å². The number of ether oxygens (including phenoxy) is 9. The van der Waals surface area contributed by atoms with Crippen molar-refractivity contribution in [1.29, 1.82) is 0 Å². The summed E-state index contributed by atoms with van der Waals surface area (Å²) < 4.78 is 52.9. The summed E-state index contributed by atoms with van der Waals surface area (Å²) in [6, 6.07) is 9.23. The summed E-state index contributed by atoms with van der Waals surface area (Å²) in [4.78, 5) is 134. The van der Waals surface area contributed by atoms with Crippen molar-refractivity contribution in [1.82, 2.24) is 29.7 Å². The first-order chi connectivity index (χ1) is 56.5. The first-order valence-corrected chi connectivity index (χ1v) is 44.7. The number of carboxylic acids is 1. The summed E-state index contributed by atoms with van der Waals surface area (Å²) in [5, 5.41) is 24.0. The van der Waals surface area contributed by atoms with Gasteiger partial charge in [-0.2, -0.15) is 0 Å². The fraction of sp³-hybridized carbons (Fsp3) is 0.640. The zero-order valence-electron chi connectivity index (χ0n) is 71.1. The highest BCUT2D eigenvalue weighted by Gasteiger charge is 2.63. The van der Waals surface area contributed by atoms with Gasteiger partial charge >= 0.3 is 23.9 Å². The van der Waals surface area contributed by atoms with Gasteiger partial charge in [-0.25, -0.2) is 19.9 Å². The molecule has 0 spiro atoms. The van der Waals surface area contributed by atoms with Crippen molar-refractivity contribution < 1.29 is 86.1 Å². The lowest BCUT2D eigenvalue weighted by atomic mass is 9.77. The molecule has 646 valence electrons. The van der Waals surface area contributed by atoms with Crippen LogP contribution in [-0.4, -0.2) is 192 Å². The number of nitrogens with zero attached hydrogens (tertiary/aromatic N) is 6. The standard InChI is InChI=1S/C45H59ClN4O9S.C44H57ClN4O9S/c1-9-27-20-45(27,42(54)56-8)21-35(51)34-17-29(22-50(34)41(53)31(44(4,5)6)18-38(52)59-28-15-25-14-26(25)16-28)58-37-19-32(33-23-60-43(49-33)47-24(2)3)48-40-30(37)10-11-36(39(40)46)57-13-12-55-7;1-8-26-19-44(26,41(53)54)20-34(50)33-16-28(21-49(33)40(52)30(43(4,5)6)17-37(51)58-27-14-24-13-25(24)15-27)57-36-18-31(32-22-59-42(48-32)46-23(2)3)47-39-29(36)9-10-35(38(39)45)56-12-11-55-7/h10-11,19,23-29,31,34H,9,12-18,20-22H2,1-8H3,(H,47,49);9-10,18,22-28,30,33H,8,11-17,19-21H2,1-7H3,(H,46,48)(H,53,54)/t25-,26+,27-,28?,29-,31-,34+,45?;24-,25+,26-,27?,28-,30-,33+,44?/m11/s1. The fourth-order valence-electron chi connectivity index (χ4n) is 18.4. The summed E-state index contributed by atoms with van der Waals surface area (Å²) in [6.07, 6.45) is 6.54. The normalized spacial score (nSPS) is 26.3. The molecule has 0 bridgehead atoms. The molecule has 0 radical (unpaired) electrons. The summed E-state index contributed by atoms with van der Waals surface area (Å²) >= 11 is 16.9. The number of aliphatic carboxylic acids is 1. The number of halogens is 2. The number of ketones is 2. The van der Waals surface area contributed by atoms with Crippen molar-refractivity contribution in [2.45, 2.75) is 234 Å². The molecule has 8 aliphatic rings. The van der Waals surface area contributed by atoms with E-state index in [0.29, 0.717) is 129 Å². The van der Waals surface area contributed by atoms with E-state index in [-0.39, 0.29) is 129 Å². The summed E-state index contributed by atoms with van der Waals surface area (Å²) in [5.41, 5.74) is -0.255. The first-order valence-electron chi connectivity index (χ1n) is 42.2. The predicted molar refractivity (Wildman–Crippen MR) is 454 cm³/mol. The number of Topliss-reactive ketones (excluding diaryl/α,β-unsaturated/α-hetero) is 2. The van der Waals surface area contributed by atoms with E-state index >= 15 is 0 Å². The fourth-order valence-corrected chi connectivity index (χ4v) is 20.7. The number of pyridine rings is 2. The number of esters is 3. The van der Waals surface area contributed by atoms with Crippen molar-refractivity contribution in [2.24, 2.45) is 69.0 Å². The lowest BCUT2D eigenvalue weighted by Crippen LogP contribution is -2.48. The molecule has 6 aliphatic carbocycles. The molecule has 119 heavy (non-hydrogen) atoms. The van der Waals surface area contributed by atoms with Crippen LogP contribution in [0.15, 0.2) is 47.2 Å². The van der Waals surface area contributed by atoms with Crippen LogP contribution in [0, 0.1) is 69.0 Å². The van der Waals surface area contributed by atoms with Gasteiger partial charge in [-0.15, -0.1) is 22.7 Å². The maximum Gasteiger partial charge on any atom is 0.312 e. The Bertz CT molecular complexity index is 4750. The molecular weight excluding hydrogens is 1600 g/mol. The van der Waals surface area contributed by atoms with E-state index in [9.17, 15) is 43.5 Å². The quantitative estimate of drug-likeness (QED) is 0.0187. The first kappa shape index (κ1) is 88.8. The Morgan fingerprint density at radius 2 is 0.924 bits per heavy atom. The van der Waals surface area contributed by atoms with Crippen LogP contribution in [0.4, 0.5) is 10.3 Å². The van der Waals surface area contributed by atoms with Gasteiger partial charge in [-0.1, -0.05) is 91.4 Å². The number of carbonyl (C=O) groups excluding carboxylic acids is 7. The van der Waals surface area contributed by atoms with Crippen LogP contribution in [0.1, 0.15) is 186 Å². The van der Waals surface area contributed by atoms with Crippen LogP contribution in [0.3, 0.4) is 0 Å². The number of likely N-dealkylation sites (tertiary alicyclic amines) is 2. The molecule has 2 aliphatic heterocycles. The van der Waals surface area contributed by atoms with E-state index in [0.717, 1.165) is 42.4 Å². The van der Waals surface area contributed by atoms with Gasteiger partial charge in [0.1, 0.15) is 82.1 Å². The van der Waals surface area contributed by atoms with Crippen molar-refractivity contribution in [3.63, 3.8) is 0 Å². The Kier molecular flexibility index (Phi) is 27.3. The van der Waals surface area contributed by atoms with Gasteiger partial charge < -0.3 is 68.2 Å². The molecule has 14 rings (SSSR count). The number of carbonyl (C=O) groups is 8. The third-order valence-electron chi connectivity index (χ3n) is 25.4. The number of hydrogen-bond donors (Lipinski definition) is 3. The van der Waals surface area contributed by atoms with Gasteiger partial charge in [0.2, 0.25) is 11.8 Å². The lowest BCUT2D eigenvalue weighted by Gasteiger charge is -2.35. The largest absolute Gasteiger partial charge is 0.490 e. The Morgan fingerprint density at radius 1 is 0.529 bits per heavy atom. The average molecular weight is 1720 g/mol. The monoisotopic (exact) mass is 1720 g/mol. The number of thiazole rings is 2. The molecule has 6 saturated carbocycles. The number of benzene rings is 2. The van der Waals surface area contributed by atoms with E-state index in [2.05, 4.69) is 10.6 Å². The van der Waals surface area contributed by atoms with Gasteiger partial charge in [0, 0.05) is 85.7 Å². The highest BCUT2D eigenvalue weighted by molar-refractivity contribution is 7.14. The molecular formula is C89H116Cl2N8O18S2. The van der Waals surface area contributed by atoms with Crippen molar-refractivity contribution in [2.75, 3.05) is 71.5 Å². The second-order valence-corrected chi connectivity index (χ2v) is 39.3. The van der Waals surface area contributed by atoms with E-state index < -0.39 is 81.7 Å². The Labute approximate surface area is 714 Å².